The fraction of sp³-hybridized carbons (Fsp3) is 0.400. The Bertz CT molecular complexity index is 1300. The van der Waals surface area contributed by atoms with Gasteiger partial charge in [-0.15, -0.1) is 0 Å². The molecule has 1 fully saturated rings. The van der Waals surface area contributed by atoms with Gasteiger partial charge in [0, 0.05) is 55.1 Å². The van der Waals surface area contributed by atoms with Crippen LogP contribution in [0.5, 0.6) is 0 Å². The van der Waals surface area contributed by atoms with Crippen LogP contribution in [0.3, 0.4) is 0 Å². The van der Waals surface area contributed by atoms with Crippen molar-refractivity contribution >= 4 is 44.7 Å². The van der Waals surface area contributed by atoms with Gasteiger partial charge >= 0.3 is 0 Å². The molecule has 9 heteroatoms. The number of hydrogen-bond donors (Lipinski definition) is 0. The van der Waals surface area contributed by atoms with Crippen molar-refractivity contribution < 1.29 is 4.21 Å². The first-order chi connectivity index (χ1) is 16.5. The lowest BCUT2D eigenvalue weighted by Gasteiger charge is -2.41. The molecule has 3 heterocycles. The molecule has 0 radical (unpaired) electrons. The second kappa shape index (κ2) is 9.49. The third kappa shape index (κ3) is 4.24. The van der Waals surface area contributed by atoms with Crippen LogP contribution in [0, 0.1) is 11.3 Å². The van der Waals surface area contributed by atoms with Gasteiger partial charge < -0.3 is 9.80 Å². The van der Waals surface area contributed by atoms with E-state index in [2.05, 4.69) is 52.1 Å². The maximum atomic E-state index is 12.4. The summed E-state index contributed by atoms with van der Waals surface area (Å²) in [7, 11) is 0.770. The summed E-state index contributed by atoms with van der Waals surface area (Å²) < 4.78 is 12.4. The molecule has 5 rings (SSSR count). The SMILES string of the molecule is CN1CCN(c2nc(S(C)=O)nc3c2CCN(c2cccc4cccc(Cl)c24)C3)C[C@@H]1CC#N. The first kappa shape index (κ1) is 23.0. The summed E-state index contributed by atoms with van der Waals surface area (Å²) in [5.41, 5.74) is 3.13. The summed E-state index contributed by atoms with van der Waals surface area (Å²) >= 11 is 6.60. The average Bonchev–Trinajstić information content (AvgIpc) is 2.84. The fourth-order valence-electron chi connectivity index (χ4n) is 4.99. The summed E-state index contributed by atoms with van der Waals surface area (Å²) in [4.78, 5) is 16.3. The molecule has 1 unspecified atom stereocenters. The molecule has 0 spiro atoms. The number of benzene rings is 2. The van der Waals surface area contributed by atoms with Crippen molar-refractivity contribution in [2.45, 2.75) is 30.6 Å². The quantitative estimate of drug-likeness (QED) is 0.513. The van der Waals surface area contributed by atoms with Crippen LogP contribution in [0.4, 0.5) is 11.5 Å². The molecular weight excluding hydrogens is 468 g/mol. The number of nitriles is 1. The highest BCUT2D eigenvalue weighted by Crippen LogP contribution is 2.36. The van der Waals surface area contributed by atoms with Crippen LogP contribution in [-0.4, -0.2) is 64.6 Å². The van der Waals surface area contributed by atoms with Gasteiger partial charge in [-0.1, -0.05) is 35.9 Å². The first-order valence-electron chi connectivity index (χ1n) is 11.4. The van der Waals surface area contributed by atoms with Gasteiger partial charge in [-0.05, 0) is 31.0 Å². The van der Waals surface area contributed by atoms with Crippen molar-refractivity contribution in [3.63, 3.8) is 0 Å². The van der Waals surface area contributed by atoms with E-state index in [-0.39, 0.29) is 6.04 Å². The largest absolute Gasteiger partial charge is 0.365 e. The topological polar surface area (TPSA) is 76.4 Å². The van der Waals surface area contributed by atoms with E-state index in [4.69, 9.17) is 21.6 Å². The Labute approximate surface area is 207 Å². The lowest BCUT2D eigenvalue weighted by Crippen LogP contribution is -2.52. The van der Waals surface area contributed by atoms with Crippen LogP contribution < -0.4 is 9.80 Å². The van der Waals surface area contributed by atoms with Crippen molar-refractivity contribution in [1.82, 2.24) is 14.9 Å². The second-order valence-electron chi connectivity index (χ2n) is 8.94. The smallest absolute Gasteiger partial charge is 0.220 e. The Morgan fingerprint density at radius 2 is 1.94 bits per heavy atom. The third-order valence-corrected chi connectivity index (χ3v) is 7.87. The van der Waals surface area contributed by atoms with E-state index < -0.39 is 10.8 Å². The number of anilines is 2. The maximum Gasteiger partial charge on any atom is 0.220 e. The summed E-state index contributed by atoms with van der Waals surface area (Å²) in [6.45, 7) is 3.83. The van der Waals surface area contributed by atoms with E-state index >= 15 is 0 Å². The highest BCUT2D eigenvalue weighted by Gasteiger charge is 2.31. The van der Waals surface area contributed by atoms with Gasteiger partial charge in [0.1, 0.15) is 5.82 Å². The van der Waals surface area contributed by atoms with E-state index in [0.717, 1.165) is 71.2 Å². The van der Waals surface area contributed by atoms with Crippen molar-refractivity contribution in [2.24, 2.45) is 0 Å². The molecule has 1 aromatic heterocycles. The van der Waals surface area contributed by atoms with E-state index in [1.54, 1.807) is 6.26 Å². The van der Waals surface area contributed by atoms with E-state index in [1.165, 1.54) is 0 Å². The number of aromatic nitrogens is 2. The minimum absolute atomic E-state index is 0.151. The molecule has 1 saturated heterocycles. The predicted molar refractivity (Wildman–Crippen MR) is 137 cm³/mol. The van der Waals surface area contributed by atoms with E-state index in [0.29, 0.717) is 18.1 Å². The maximum absolute atomic E-state index is 12.4. The standard InChI is InChI=1S/C25H27ClN6OS/c1-30-13-14-32(15-18(30)9-11-27)24-19-10-12-31(16-21(19)28-25(29-24)34(2)33)22-8-4-6-17-5-3-7-20(26)23(17)22/h3-8,18H,9-10,12-16H2,1-2H3/t18-,34?/m0/s1. The number of halogens is 1. The molecule has 34 heavy (non-hydrogen) atoms. The summed E-state index contributed by atoms with van der Waals surface area (Å²) in [6, 6.07) is 14.7. The Balaban J connectivity index is 1.53. The van der Waals surface area contributed by atoms with Gasteiger partial charge in [0.25, 0.3) is 0 Å². The summed E-state index contributed by atoms with van der Waals surface area (Å²) in [6.07, 6.45) is 2.89. The minimum Gasteiger partial charge on any atom is -0.365 e. The molecule has 2 aliphatic rings. The van der Waals surface area contributed by atoms with Crippen molar-refractivity contribution in [3.8, 4) is 6.07 Å². The lowest BCUT2D eigenvalue weighted by atomic mass is 10.0. The van der Waals surface area contributed by atoms with Crippen molar-refractivity contribution in [2.75, 3.05) is 49.3 Å². The fourth-order valence-corrected chi connectivity index (χ4v) is 5.72. The highest BCUT2D eigenvalue weighted by atomic mass is 35.5. The average molecular weight is 495 g/mol. The molecule has 176 valence electrons. The number of nitrogens with zero attached hydrogens (tertiary/aromatic N) is 6. The molecular formula is C25H27ClN6OS. The van der Waals surface area contributed by atoms with Crippen molar-refractivity contribution in [1.29, 1.82) is 5.26 Å². The van der Waals surface area contributed by atoms with Gasteiger partial charge in [0.05, 0.1) is 40.6 Å². The third-order valence-electron chi connectivity index (χ3n) is 6.86. The normalized spacial score (nSPS) is 19.6. The predicted octanol–water partition coefficient (Wildman–Crippen LogP) is 3.62. The Kier molecular flexibility index (Phi) is 6.43. The second-order valence-corrected chi connectivity index (χ2v) is 10.6. The number of hydrogen-bond acceptors (Lipinski definition) is 7. The molecule has 2 aromatic carbocycles. The summed E-state index contributed by atoms with van der Waals surface area (Å²) in [5, 5.41) is 12.5. The molecule has 3 aromatic rings. The monoisotopic (exact) mass is 494 g/mol. The molecule has 0 N–H and O–H groups in total. The molecule has 0 saturated carbocycles. The Morgan fingerprint density at radius 1 is 1.15 bits per heavy atom. The molecule has 2 atom stereocenters. The van der Waals surface area contributed by atoms with Gasteiger partial charge in [-0.25, -0.2) is 9.97 Å². The molecule has 2 aliphatic heterocycles. The van der Waals surface area contributed by atoms with Crippen LogP contribution in [0.15, 0.2) is 41.6 Å². The van der Waals surface area contributed by atoms with Crippen LogP contribution in [0.1, 0.15) is 17.7 Å². The lowest BCUT2D eigenvalue weighted by molar-refractivity contribution is 0.220. The molecule has 0 aliphatic carbocycles. The molecule has 0 amide bonds. The van der Waals surface area contributed by atoms with Crippen molar-refractivity contribution in [3.05, 3.63) is 52.7 Å². The van der Waals surface area contributed by atoms with Crippen LogP contribution >= 0.6 is 11.6 Å². The molecule has 0 bridgehead atoms. The first-order valence-corrected chi connectivity index (χ1v) is 13.4. The number of fused-ring (bicyclic) bond motifs is 2. The number of likely N-dealkylation sites (N-methyl/N-ethyl adjacent to an activating group) is 1. The minimum atomic E-state index is -1.29. The zero-order chi connectivity index (χ0) is 23.8. The van der Waals surface area contributed by atoms with Gasteiger partial charge in [0.2, 0.25) is 5.16 Å². The zero-order valence-electron chi connectivity index (χ0n) is 19.4. The van der Waals surface area contributed by atoms with Gasteiger partial charge in [-0.3, -0.25) is 9.11 Å². The zero-order valence-corrected chi connectivity index (χ0v) is 20.9. The Hall–Kier alpha value is -2.73. The molecule has 7 nitrogen and oxygen atoms in total. The van der Waals surface area contributed by atoms with Gasteiger partial charge in [0.15, 0.2) is 0 Å². The number of piperazine rings is 1. The van der Waals surface area contributed by atoms with Crippen LogP contribution in [0.25, 0.3) is 10.8 Å². The highest BCUT2D eigenvalue weighted by molar-refractivity contribution is 7.84. The van der Waals surface area contributed by atoms with Gasteiger partial charge in [-0.2, -0.15) is 5.26 Å². The van der Waals surface area contributed by atoms with Crippen LogP contribution in [0.2, 0.25) is 5.02 Å². The van der Waals surface area contributed by atoms with Crippen LogP contribution in [-0.2, 0) is 23.8 Å². The number of rotatable bonds is 4. The summed E-state index contributed by atoms with van der Waals surface area (Å²) in [5.74, 6) is 0.877. The Morgan fingerprint density at radius 3 is 2.71 bits per heavy atom. The van der Waals surface area contributed by atoms with E-state index in [9.17, 15) is 9.47 Å². The van der Waals surface area contributed by atoms with E-state index in [1.807, 2.05) is 12.1 Å².